The minimum atomic E-state index is -0.313. The average Bonchev–Trinajstić information content (AvgIpc) is 2.65. The first kappa shape index (κ1) is 17.4. The van der Waals surface area contributed by atoms with Crippen LogP contribution in [0, 0.1) is 5.92 Å². The topological polar surface area (TPSA) is 53.6 Å². The number of carbonyl (C=O) groups is 1. The van der Waals surface area contributed by atoms with Crippen molar-refractivity contribution in [2.75, 3.05) is 39.3 Å². The molecule has 5 nitrogen and oxygen atoms in total. The third kappa shape index (κ3) is 5.30. The molecular formula is C19H29N3O2. The zero-order valence-corrected chi connectivity index (χ0v) is 14.4. The van der Waals surface area contributed by atoms with Gasteiger partial charge in [-0.25, -0.2) is 0 Å². The van der Waals surface area contributed by atoms with Gasteiger partial charge in [-0.05, 0) is 43.8 Å². The molecule has 132 valence electrons. The number of likely N-dealkylation sites (tertiary alicyclic amines) is 1. The summed E-state index contributed by atoms with van der Waals surface area (Å²) in [4.78, 5) is 14.5. The summed E-state index contributed by atoms with van der Waals surface area (Å²) in [6.07, 6.45) is 3.21. The molecule has 0 aromatic heterocycles. The second kappa shape index (κ2) is 9.16. The first-order chi connectivity index (χ1) is 11.8. The van der Waals surface area contributed by atoms with E-state index in [1.54, 1.807) is 0 Å². The molecule has 2 N–H and O–H groups in total. The fourth-order valence-corrected chi connectivity index (χ4v) is 3.52. The zero-order valence-electron chi connectivity index (χ0n) is 14.4. The number of piperidine rings is 1. The molecule has 1 amide bonds. The van der Waals surface area contributed by atoms with Crippen LogP contribution in [-0.2, 0) is 16.1 Å². The third-order valence-electron chi connectivity index (χ3n) is 5.03. The molecule has 1 aromatic rings. The summed E-state index contributed by atoms with van der Waals surface area (Å²) in [7, 11) is 0. The van der Waals surface area contributed by atoms with E-state index in [4.69, 9.17) is 4.74 Å². The van der Waals surface area contributed by atoms with Gasteiger partial charge in [0.15, 0.2) is 0 Å². The molecule has 0 aliphatic carbocycles. The maximum Gasteiger partial charge on any atom is 0.250 e. The molecule has 2 saturated heterocycles. The standard InChI is InChI=1S/C19H29N3O2/c23-19(18-14-20-10-13-24-18)21-9-6-16-7-11-22(12-8-16)15-17-4-2-1-3-5-17/h1-5,16,18,20H,6-15H2,(H,21,23)/t18-/m0/s1. The predicted molar refractivity (Wildman–Crippen MR) is 94.7 cm³/mol. The molecule has 24 heavy (non-hydrogen) atoms. The van der Waals surface area contributed by atoms with E-state index in [1.807, 2.05) is 0 Å². The Kier molecular flexibility index (Phi) is 6.64. The molecule has 1 aromatic carbocycles. The van der Waals surface area contributed by atoms with E-state index < -0.39 is 0 Å². The Labute approximate surface area is 144 Å². The number of nitrogens with one attached hydrogen (secondary N) is 2. The minimum absolute atomic E-state index is 0.0312. The van der Waals surface area contributed by atoms with Gasteiger partial charge in [0.25, 0.3) is 0 Å². The van der Waals surface area contributed by atoms with E-state index in [1.165, 1.54) is 18.4 Å². The van der Waals surface area contributed by atoms with Crippen LogP contribution in [0.2, 0.25) is 0 Å². The van der Waals surface area contributed by atoms with Crippen molar-refractivity contribution >= 4 is 5.91 Å². The van der Waals surface area contributed by atoms with E-state index in [0.29, 0.717) is 13.2 Å². The highest BCUT2D eigenvalue weighted by Gasteiger charge is 2.22. The van der Waals surface area contributed by atoms with Crippen LogP contribution in [0.4, 0.5) is 0 Å². The highest BCUT2D eigenvalue weighted by Crippen LogP contribution is 2.21. The number of benzene rings is 1. The Morgan fingerprint density at radius 1 is 1.25 bits per heavy atom. The molecule has 2 fully saturated rings. The fourth-order valence-electron chi connectivity index (χ4n) is 3.52. The van der Waals surface area contributed by atoms with Crippen molar-refractivity contribution in [3.05, 3.63) is 35.9 Å². The number of hydrogen-bond acceptors (Lipinski definition) is 4. The van der Waals surface area contributed by atoms with Crippen LogP contribution in [0.15, 0.2) is 30.3 Å². The molecule has 2 aliphatic heterocycles. The first-order valence-corrected chi connectivity index (χ1v) is 9.17. The van der Waals surface area contributed by atoms with E-state index >= 15 is 0 Å². The molecule has 0 unspecified atom stereocenters. The molecular weight excluding hydrogens is 302 g/mol. The molecule has 2 aliphatic rings. The van der Waals surface area contributed by atoms with Crippen molar-refractivity contribution < 1.29 is 9.53 Å². The number of ether oxygens (including phenoxy) is 1. The van der Waals surface area contributed by atoms with E-state index in [0.717, 1.165) is 45.1 Å². The minimum Gasteiger partial charge on any atom is -0.366 e. The smallest absolute Gasteiger partial charge is 0.250 e. The summed E-state index contributed by atoms with van der Waals surface area (Å²) >= 11 is 0. The highest BCUT2D eigenvalue weighted by atomic mass is 16.5. The Morgan fingerprint density at radius 3 is 2.75 bits per heavy atom. The molecule has 5 heteroatoms. The van der Waals surface area contributed by atoms with Crippen molar-refractivity contribution in [1.29, 1.82) is 0 Å². The Hall–Kier alpha value is -1.43. The van der Waals surface area contributed by atoms with E-state index in [2.05, 4.69) is 45.9 Å². The lowest BCUT2D eigenvalue weighted by atomic mass is 9.93. The molecule has 0 saturated carbocycles. The van der Waals surface area contributed by atoms with Gasteiger partial charge in [0.2, 0.25) is 5.91 Å². The monoisotopic (exact) mass is 331 g/mol. The summed E-state index contributed by atoms with van der Waals surface area (Å²) in [6.45, 7) is 6.22. The summed E-state index contributed by atoms with van der Waals surface area (Å²) in [6, 6.07) is 10.7. The zero-order chi connectivity index (χ0) is 16.6. The average molecular weight is 331 g/mol. The van der Waals surface area contributed by atoms with Crippen LogP contribution in [0.1, 0.15) is 24.8 Å². The first-order valence-electron chi connectivity index (χ1n) is 9.17. The molecule has 0 radical (unpaired) electrons. The largest absolute Gasteiger partial charge is 0.366 e. The van der Waals surface area contributed by atoms with Gasteiger partial charge in [-0.1, -0.05) is 30.3 Å². The van der Waals surface area contributed by atoms with Gasteiger partial charge in [0, 0.05) is 26.2 Å². The van der Waals surface area contributed by atoms with E-state index in [9.17, 15) is 4.79 Å². The molecule has 2 heterocycles. The van der Waals surface area contributed by atoms with Crippen LogP contribution in [-0.4, -0.2) is 56.2 Å². The van der Waals surface area contributed by atoms with Crippen molar-refractivity contribution in [2.45, 2.75) is 31.9 Å². The van der Waals surface area contributed by atoms with Gasteiger partial charge in [0.1, 0.15) is 6.10 Å². The van der Waals surface area contributed by atoms with E-state index in [-0.39, 0.29) is 12.0 Å². The molecule has 0 bridgehead atoms. The number of amides is 1. The van der Waals surface area contributed by atoms with Crippen molar-refractivity contribution in [3.8, 4) is 0 Å². The summed E-state index contributed by atoms with van der Waals surface area (Å²) in [5.74, 6) is 0.756. The summed E-state index contributed by atoms with van der Waals surface area (Å²) in [5.41, 5.74) is 1.39. The van der Waals surface area contributed by atoms with Gasteiger partial charge >= 0.3 is 0 Å². The summed E-state index contributed by atoms with van der Waals surface area (Å²) < 4.78 is 5.47. The molecule has 1 atom stereocenters. The van der Waals surface area contributed by atoms with Gasteiger partial charge in [0.05, 0.1) is 6.61 Å². The Bertz CT molecular complexity index is 495. The number of carbonyl (C=O) groups excluding carboxylic acids is 1. The maximum atomic E-state index is 12.0. The van der Waals surface area contributed by atoms with Gasteiger partial charge < -0.3 is 15.4 Å². The quantitative estimate of drug-likeness (QED) is 0.827. The van der Waals surface area contributed by atoms with Crippen LogP contribution in [0.25, 0.3) is 0 Å². The Balaban J connectivity index is 1.30. The van der Waals surface area contributed by atoms with Gasteiger partial charge in [-0.2, -0.15) is 0 Å². The number of rotatable bonds is 6. The molecule has 3 rings (SSSR count). The predicted octanol–water partition coefficient (Wildman–Crippen LogP) is 1.39. The van der Waals surface area contributed by atoms with Gasteiger partial charge in [-0.15, -0.1) is 0 Å². The van der Waals surface area contributed by atoms with Gasteiger partial charge in [-0.3, -0.25) is 9.69 Å². The number of morpholine rings is 1. The van der Waals surface area contributed by atoms with Crippen molar-refractivity contribution in [1.82, 2.24) is 15.5 Å². The van der Waals surface area contributed by atoms with Crippen molar-refractivity contribution in [3.63, 3.8) is 0 Å². The lowest BCUT2D eigenvalue weighted by Crippen LogP contribution is -2.48. The van der Waals surface area contributed by atoms with Crippen LogP contribution in [0.3, 0.4) is 0 Å². The van der Waals surface area contributed by atoms with Crippen molar-refractivity contribution in [2.24, 2.45) is 5.92 Å². The number of nitrogens with zero attached hydrogens (tertiary/aromatic N) is 1. The highest BCUT2D eigenvalue weighted by molar-refractivity contribution is 5.81. The molecule has 0 spiro atoms. The maximum absolute atomic E-state index is 12.0. The SMILES string of the molecule is O=C(NCCC1CCN(Cc2ccccc2)CC1)[C@@H]1CNCCO1. The normalized spacial score (nSPS) is 23.1. The van der Waals surface area contributed by atoms with Crippen LogP contribution < -0.4 is 10.6 Å². The van der Waals surface area contributed by atoms with Crippen LogP contribution in [0.5, 0.6) is 0 Å². The second-order valence-electron chi connectivity index (χ2n) is 6.85. The van der Waals surface area contributed by atoms with Crippen LogP contribution >= 0.6 is 0 Å². The third-order valence-corrected chi connectivity index (χ3v) is 5.03. The number of hydrogen-bond donors (Lipinski definition) is 2. The summed E-state index contributed by atoms with van der Waals surface area (Å²) in [5, 5.41) is 6.22. The fraction of sp³-hybridized carbons (Fsp3) is 0.632. The second-order valence-corrected chi connectivity index (χ2v) is 6.85. The lowest BCUT2D eigenvalue weighted by molar-refractivity contribution is -0.134. The Morgan fingerprint density at radius 2 is 2.04 bits per heavy atom. The lowest BCUT2D eigenvalue weighted by Gasteiger charge is -2.32.